The van der Waals surface area contributed by atoms with Crippen LogP contribution in [0.2, 0.25) is 0 Å². The molecule has 1 aromatic heterocycles. The number of methoxy groups -OCH3 is 1. The molecule has 2 rings (SSSR count). The molecule has 1 amide bonds. The first-order chi connectivity index (χ1) is 10.9. The quantitative estimate of drug-likeness (QED) is 0.796. The van der Waals surface area contributed by atoms with Crippen molar-refractivity contribution < 1.29 is 14.3 Å². The smallest absolute Gasteiger partial charge is 0.410 e. The average Bonchev–Trinajstić information content (AvgIpc) is 2.98. The molecule has 5 heteroatoms. The first-order valence-electron chi connectivity index (χ1n) is 7.49. The number of rotatable bonds is 5. The lowest BCUT2D eigenvalue weighted by Gasteiger charge is -2.27. The molecule has 2 aromatic rings. The van der Waals surface area contributed by atoms with Crippen molar-refractivity contribution in [3.8, 4) is 5.75 Å². The molecule has 0 unspecified atom stereocenters. The number of hydrogen-bond donors (Lipinski definition) is 0. The molecule has 4 nitrogen and oxygen atoms in total. The highest BCUT2D eigenvalue weighted by atomic mass is 32.1. The second kappa shape index (κ2) is 7.51. The van der Waals surface area contributed by atoms with Crippen LogP contribution in [0.4, 0.5) is 4.79 Å². The first kappa shape index (κ1) is 17.3. The Bertz CT molecular complexity index is 615. The summed E-state index contributed by atoms with van der Waals surface area (Å²) < 4.78 is 10.7. The summed E-state index contributed by atoms with van der Waals surface area (Å²) in [5, 5.41) is 4.06. The van der Waals surface area contributed by atoms with Crippen molar-refractivity contribution in [3.63, 3.8) is 0 Å². The van der Waals surface area contributed by atoms with Crippen molar-refractivity contribution in [2.24, 2.45) is 0 Å². The van der Waals surface area contributed by atoms with Crippen molar-refractivity contribution in [2.45, 2.75) is 39.5 Å². The Morgan fingerprint density at radius 3 is 2.26 bits per heavy atom. The summed E-state index contributed by atoms with van der Waals surface area (Å²) in [6, 6.07) is 9.74. The lowest BCUT2D eigenvalue weighted by atomic mass is 10.2. The molecule has 0 aliphatic heterocycles. The maximum atomic E-state index is 12.5. The fourth-order valence-corrected chi connectivity index (χ4v) is 2.73. The number of benzene rings is 1. The predicted octanol–water partition coefficient (Wildman–Crippen LogP) is 4.69. The van der Waals surface area contributed by atoms with Crippen LogP contribution in [-0.2, 0) is 17.8 Å². The number of ether oxygens (including phenoxy) is 2. The molecule has 1 aromatic carbocycles. The summed E-state index contributed by atoms with van der Waals surface area (Å²) in [7, 11) is 1.64. The van der Waals surface area contributed by atoms with Gasteiger partial charge in [0.15, 0.2) is 0 Å². The zero-order valence-corrected chi connectivity index (χ0v) is 14.9. The second-order valence-corrected chi connectivity index (χ2v) is 7.10. The largest absolute Gasteiger partial charge is 0.497 e. The number of thiophene rings is 1. The van der Waals surface area contributed by atoms with Crippen LogP contribution in [0.15, 0.2) is 41.1 Å². The summed E-state index contributed by atoms with van der Waals surface area (Å²) in [5.74, 6) is 0.801. The van der Waals surface area contributed by atoms with Crippen LogP contribution >= 0.6 is 11.3 Å². The third-order valence-corrected chi connectivity index (χ3v) is 3.87. The number of hydrogen-bond acceptors (Lipinski definition) is 4. The molecule has 124 valence electrons. The zero-order valence-electron chi connectivity index (χ0n) is 14.0. The standard InChI is InChI=1S/C18H23NO3S/c1-18(2,3)22-17(20)19(12-15-9-10-23-13-15)11-14-5-7-16(21-4)8-6-14/h5-10,13H,11-12H2,1-4H3. The van der Waals surface area contributed by atoms with E-state index in [1.54, 1.807) is 23.3 Å². The number of amides is 1. The van der Waals surface area contributed by atoms with Gasteiger partial charge in [-0.05, 0) is 60.9 Å². The van der Waals surface area contributed by atoms with Crippen molar-refractivity contribution in [1.29, 1.82) is 0 Å². The molecule has 0 aliphatic carbocycles. The molecule has 0 aliphatic rings. The summed E-state index contributed by atoms with van der Waals surface area (Å²) in [5.41, 5.74) is 1.63. The van der Waals surface area contributed by atoms with Crippen LogP contribution in [-0.4, -0.2) is 23.7 Å². The number of carbonyl (C=O) groups excluding carboxylic acids is 1. The summed E-state index contributed by atoms with van der Waals surface area (Å²) in [6.45, 7) is 6.66. The van der Waals surface area contributed by atoms with E-state index in [0.29, 0.717) is 13.1 Å². The lowest BCUT2D eigenvalue weighted by Crippen LogP contribution is -2.36. The molecule has 0 radical (unpaired) electrons. The highest BCUT2D eigenvalue weighted by molar-refractivity contribution is 7.07. The third kappa shape index (κ3) is 5.60. The van der Waals surface area contributed by atoms with Crippen molar-refractivity contribution >= 4 is 17.4 Å². The van der Waals surface area contributed by atoms with Crippen LogP contribution in [0.1, 0.15) is 31.9 Å². The molecule has 23 heavy (non-hydrogen) atoms. The molecular formula is C18H23NO3S. The molecule has 0 saturated heterocycles. The fourth-order valence-electron chi connectivity index (χ4n) is 2.07. The average molecular weight is 333 g/mol. The van der Waals surface area contributed by atoms with Gasteiger partial charge >= 0.3 is 6.09 Å². The van der Waals surface area contributed by atoms with E-state index in [1.165, 1.54) is 0 Å². The maximum Gasteiger partial charge on any atom is 0.410 e. The van der Waals surface area contributed by atoms with Crippen molar-refractivity contribution in [2.75, 3.05) is 7.11 Å². The van der Waals surface area contributed by atoms with Gasteiger partial charge in [0.25, 0.3) is 0 Å². The molecule has 0 atom stereocenters. The maximum absolute atomic E-state index is 12.5. The number of nitrogens with zero attached hydrogens (tertiary/aromatic N) is 1. The Hall–Kier alpha value is -2.01. The van der Waals surface area contributed by atoms with Crippen LogP contribution in [0.3, 0.4) is 0 Å². The molecule has 1 heterocycles. The van der Waals surface area contributed by atoms with Crippen LogP contribution in [0.5, 0.6) is 5.75 Å². The van der Waals surface area contributed by atoms with E-state index in [0.717, 1.165) is 16.9 Å². The van der Waals surface area contributed by atoms with E-state index in [4.69, 9.17) is 9.47 Å². The van der Waals surface area contributed by atoms with Gasteiger partial charge in [0, 0.05) is 6.54 Å². The van der Waals surface area contributed by atoms with Crippen LogP contribution in [0.25, 0.3) is 0 Å². The van der Waals surface area contributed by atoms with E-state index in [9.17, 15) is 4.79 Å². The van der Waals surface area contributed by atoms with E-state index < -0.39 is 5.60 Å². The monoisotopic (exact) mass is 333 g/mol. The van der Waals surface area contributed by atoms with Gasteiger partial charge in [-0.25, -0.2) is 4.79 Å². The van der Waals surface area contributed by atoms with Gasteiger partial charge in [0.1, 0.15) is 11.4 Å². The molecule has 0 fully saturated rings. The Kier molecular flexibility index (Phi) is 5.66. The van der Waals surface area contributed by atoms with Crippen LogP contribution < -0.4 is 4.74 Å². The summed E-state index contributed by atoms with van der Waals surface area (Å²) in [4.78, 5) is 14.2. The topological polar surface area (TPSA) is 38.8 Å². The minimum atomic E-state index is -0.510. The normalized spacial score (nSPS) is 11.1. The Morgan fingerprint density at radius 2 is 1.74 bits per heavy atom. The van der Waals surface area contributed by atoms with E-state index >= 15 is 0 Å². The molecular weight excluding hydrogens is 310 g/mol. The summed E-state index contributed by atoms with van der Waals surface area (Å²) in [6.07, 6.45) is -0.306. The molecule has 0 saturated carbocycles. The van der Waals surface area contributed by atoms with Gasteiger partial charge in [0.05, 0.1) is 13.7 Å². The van der Waals surface area contributed by atoms with Gasteiger partial charge < -0.3 is 9.47 Å². The van der Waals surface area contributed by atoms with E-state index in [-0.39, 0.29) is 6.09 Å². The summed E-state index contributed by atoms with van der Waals surface area (Å²) >= 11 is 1.62. The SMILES string of the molecule is COc1ccc(CN(Cc2ccsc2)C(=O)OC(C)(C)C)cc1. The number of carbonyl (C=O) groups is 1. The Balaban J connectivity index is 2.12. The molecule has 0 N–H and O–H groups in total. The van der Waals surface area contributed by atoms with Gasteiger partial charge in [-0.3, -0.25) is 4.90 Å². The second-order valence-electron chi connectivity index (χ2n) is 6.32. The predicted molar refractivity (Wildman–Crippen MR) is 92.8 cm³/mol. The van der Waals surface area contributed by atoms with Crippen molar-refractivity contribution in [3.05, 3.63) is 52.2 Å². The molecule has 0 spiro atoms. The minimum Gasteiger partial charge on any atom is -0.497 e. The van der Waals surface area contributed by atoms with Crippen LogP contribution in [0, 0.1) is 0 Å². The fraction of sp³-hybridized carbons (Fsp3) is 0.389. The third-order valence-electron chi connectivity index (χ3n) is 3.14. The lowest BCUT2D eigenvalue weighted by molar-refractivity contribution is 0.0216. The Morgan fingerprint density at radius 1 is 1.09 bits per heavy atom. The highest BCUT2D eigenvalue weighted by Gasteiger charge is 2.22. The van der Waals surface area contributed by atoms with Crippen molar-refractivity contribution in [1.82, 2.24) is 4.90 Å². The van der Waals surface area contributed by atoms with Gasteiger partial charge in [-0.2, -0.15) is 11.3 Å². The minimum absolute atomic E-state index is 0.306. The first-order valence-corrected chi connectivity index (χ1v) is 8.43. The zero-order chi connectivity index (χ0) is 16.9. The van der Waals surface area contributed by atoms with E-state index in [2.05, 4.69) is 0 Å². The highest BCUT2D eigenvalue weighted by Crippen LogP contribution is 2.18. The van der Waals surface area contributed by atoms with Gasteiger partial charge in [0.2, 0.25) is 0 Å². The van der Waals surface area contributed by atoms with Gasteiger partial charge in [-0.1, -0.05) is 12.1 Å². The Labute approximate surface area is 141 Å². The van der Waals surface area contributed by atoms with E-state index in [1.807, 2.05) is 61.9 Å². The molecule has 0 bridgehead atoms. The van der Waals surface area contributed by atoms with Gasteiger partial charge in [-0.15, -0.1) is 0 Å².